The lowest BCUT2D eigenvalue weighted by atomic mass is 10.1. The number of hydrogen-bond donors (Lipinski definition) is 0. The van der Waals surface area contributed by atoms with E-state index < -0.39 is 0 Å². The van der Waals surface area contributed by atoms with Crippen molar-refractivity contribution in [1.29, 1.82) is 0 Å². The van der Waals surface area contributed by atoms with E-state index in [1.165, 1.54) is 0 Å². The number of nitrogens with zero attached hydrogens (tertiary/aromatic N) is 2. The van der Waals surface area contributed by atoms with Gasteiger partial charge >= 0.3 is 0 Å². The fourth-order valence-corrected chi connectivity index (χ4v) is 5.62. The number of aromatic nitrogens is 2. The molecule has 0 amide bonds. The van der Waals surface area contributed by atoms with Gasteiger partial charge in [-0.15, -0.1) is 0 Å². The summed E-state index contributed by atoms with van der Waals surface area (Å²) >= 11 is 14.2. The number of hydrogen-bond acceptors (Lipinski definition) is 4. The Morgan fingerprint density at radius 2 is 1.51 bits per heavy atom. The van der Waals surface area contributed by atoms with Gasteiger partial charge in [0.1, 0.15) is 23.2 Å². The Hall–Kier alpha value is -2.44. The van der Waals surface area contributed by atoms with Gasteiger partial charge in [-0.25, -0.2) is 4.98 Å². The van der Waals surface area contributed by atoms with Crippen molar-refractivity contribution >= 4 is 35.0 Å². The molecule has 0 N–H and O–H groups in total. The molecule has 0 spiro atoms. The molecule has 4 rings (SSSR count). The van der Waals surface area contributed by atoms with Crippen LogP contribution in [-0.2, 0) is 24.5 Å². The minimum Gasteiger partial charge on any atom is -0.497 e. The molecule has 196 valence electrons. The predicted molar refractivity (Wildman–Crippen MR) is 155 cm³/mol. The topological polar surface area (TPSA) is 36.3 Å². The fourth-order valence-electron chi connectivity index (χ4n) is 3.71. The summed E-state index contributed by atoms with van der Waals surface area (Å²) in [5, 5.41) is 2.28. The van der Waals surface area contributed by atoms with Crippen molar-refractivity contribution in [2.45, 2.75) is 63.3 Å². The van der Waals surface area contributed by atoms with Crippen molar-refractivity contribution < 1.29 is 9.47 Å². The van der Waals surface area contributed by atoms with Gasteiger partial charge in [0.2, 0.25) is 0 Å². The number of methoxy groups -OCH3 is 1. The van der Waals surface area contributed by atoms with Crippen molar-refractivity contribution in [1.82, 2.24) is 9.55 Å². The van der Waals surface area contributed by atoms with Gasteiger partial charge in [-0.2, -0.15) is 0 Å². The van der Waals surface area contributed by atoms with E-state index in [-0.39, 0.29) is 5.92 Å². The maximum absolute atomic E-state index is 6.30. The molecule has 0 saturated carbocycles. The Balaban J connectivity index is 0.00000186. The predicted octanol–water partition coefficient (Wildman–Crippen LogP) is 9.26. The van der Waals surface area contributed by atoms with Gasteiger partial charge in [-0.3, -0.25) is 0 Å². The number of benzene rings is 3. The van der Waals surface area contributed by atoms with E-state index in [1.54, 1.807) is 24.9 Å². The van der Waals surface area contributed by atoms with Crippen LogP contribution >= 0.6 is 35.0 Å². The summed E-state index contributed by atoms with van der Waals surface area (Å²) in [6.45, 7) is 9.90. The van der Waals surface area contributed by atoms with Crippen LogP contribution in [0, 0.1) is 0 Å². The van der Waals surface area contributed by atoms with Gasteiger partial charge in [0.05, 0.1) is 19.4 Å². The molecule has 4 aromatic rings. The second kappa shape index (κ2) is 14.5. The first-order valence-corrected chi connectivity index (χ1v) is 14.0. The highest BCUT2D eigenvalue weighted by molar-refractivity contribution is 7.99. The first-order valence-electron chi connectivity index (χ1n) is 12.4. The summed E-state index contributed by atoms with van der Waals surface area (Å²) in [6.07, 6.45) is 0. The van der Waals surface area contributed by atoms with E-state index >= 15 is 0 Å². The summed E-state index contributed by atoms with van der Waals surface area (Å²) in [6, 6.07) is 23.9. The van der Waals surface area contributed by atoms with Crippen molar-refractivity contribution in [3.63, 3.8) is 0 Å². The minimum absolute atomic E-state index is 0.233. The molecule has 7 heteroatoms. The lowest BCUT2D eigenvalue weighted by Crippen LogP contribution is -2.08. The molecule has 37 heavy (non-hydrogen) atoms. The first-order chi connectivity index (χ1) is 17.9. The van der Waals surface area contributed by atoms with Crippen LogP contribution in [0.1, 0.15) is 56.3 Å². The summed E-state index contributed by atoms with van der Waals surface area (Å²) in [5.41, 5.74) is 3.31. The highest BCUT2D eigenvalue weighted by Gasteiger charge is 2.21. The molecule has 0 bridgehead atoms. The molecule has 1 heterocycles. The Bertz CT molecular complexity index is 1240. The standard InChI is InChI=1S/C28H28Cl2N2O2S.C2H6/c1-19(2)27-28(35-25-14-22(29)13-23(30)15-25)32(16-20-9-11-24(33-3)12-10-20)26(31-27)18-34-17-21-7-5-4-6-8-21;1-2/h4-15,19H,16-18H2,1-3H3;1-2H3. The van der Waals surface area contributed by atoms with Crippen molar-refractivity contribution in [3.05, 3.63) is 105 Å². The minimum atomic E-state index is 0.233. The van der Waals surface area contributed by atoms with E-state index in [2.05, 4.69) is 42.7 Å². The average Bonchev–Trinajstić information content (AvgIpc) is 3.22. The molecule has 0 atom stereocenters. The van der Waals surface area contributed by atoms with E-state index in [4.69, 9.17) is 37.7 Å². The molecule has 3 aromatic carbocycles. The van der Waals surface area contributed by atoms with Gasteiger partial charge in [0, 0.05) is 21.5 Å². The summed E-state index contributed by atoms with van der Waals surface area (Å²) in [7, 11) is 1.67. The Labute approximate surface area is 234 Å². The molecule has 0 radical (unpaired) electrons. The van der Waals surface area contributed by atoms with E-state index in [9.17, 15) is 0 Å². The number of halogens is 2. The van der Waals surface area contributed by atoms with E-state index in [0.29, 0.717) is 29.8 Å². The van der Waals surface area contributed by atoms with Crippen LogP contribution in [0.15, 0.2) is 82.7 Å². The number of rotatable bonds is 10. The zero-order chi connectivity index (χ0) is 26.8. The third kappa shape index (κ3) is 8.27. The summed E-state index contributed by atoms with van der Waals surface area (Å²) in [5.74, 6) is 1.95. The van der Waals surface area contributed by atoms with Crippen LogP contribution in [-0.4, -0.2) is 16.7 Å². The zero-order valence-electron chi connectivity index (χ0n) is 22.0. The Morgan fingerprint density at radius 3 is 2.11 bits per heavy atom. The Kier molecular flexibility index (Phi) is 11.4. The highest BCUT2D eigenvalue weighted by atomic mass is 35.5. The average molecular weight is 558 g/mol. The number of ether oxygens (including phenoxy) is 2. The molecular formula is C30H34Cl2N2O2S. The third-order valence-corrected chi connectivity index (χ3v) is 7.00. The lowest BCUT2D eigenvalue weighted by molar-refractivity contribution is 0.0991. The summed E-state index contributed by atoms with van der Waals surface area (Å²) < 4.78 is 13.7. The fraction of sp³-hybridized carbons (Fsp3) is 0.300. The van der Waals surface area contributed by atoms with Crippen LogP contribution in [0.5, 0.6) is 5.75 Å². The van der Waals surface area contributed by atoms with Gasteiger partial charge in [0.15, 0.2) is 0 Å². The second-order valence-corrected chi connectivity index (χ2v) is 10.4. The zero-order valence-corrected chi connectivity index (χ0v) is 24.3. The third-order valence-electron chi connectivity index (χ3n) is 5.47. The summed E-state index contributed by atoms with van der Waals surface area (Å²) in [4.78, 5) is 6.01. The maximum atomic E-state index is 6.30. The van der Waals surface area contributed by atoms with Gasteiger partial charge < -0.3 is 14.0 Å². The molecule has 0 fully saturated rings. The molecule has 0 aliphatic heterocycles. The van der Waals surface area contributed by atoms with E-state index in [0.717, 1.165) is 38.3 Å². The molecule has 0 saturated heterocycles. The Morgan fingerprint density at radius 1 is 0.865 bits per heavy atom. The highest BCUT2D eigenvalue weighted by Crippen LogP contribution is 2.37. The van der Waals surface area contributed by atoms with E-state index in [1.807, 2.05) is 56.3 Å². The molecule has 0 aliphatic rings. The molecule has 0 unspecified atom stereocenters. The molecule has 0 aliphatic carbocycles. The molecule has 1 aromatic heterocycles. The normalized spacial score (nSPS) is 10.8. The smallest absolute Gasteiger partial charge is 0.136 e. The van der Waals surface area contributed by atoms with Crippen molar-refractivity contribution in [2.24, 2.45) is 0 Å². The van der Waals surface area contributed by atoms with Gasteiger partial charge in [-0.1, -0.05) is 105 Å². The largest absolute Gasteiger partial charge is 0.497 e. The molecular weight excluding hydrogens is 523 g/mol. The van der Waals surface area contributed by atoms with Crippen LogP contribution in [0.4, 0.5) is 0 Å². The molecule has 4 nitrogen and oxygen atoms in total. The van der Waals surface area contributed by atoms with Crippen LogP contribution in [0.3, 0.4) is 0 Å². The monoisotopic (exact) mass is 556 g/mol. The second-order valence-electron chi connectivity index (χ2n) is 8.49. The maximum Gasteiger partial charge on any atom is 0.136 e. The van der Waals surface area contributed by atoms with Crippen LogP contribution in [0.25, 0.3) is 0 Å². The van der Waals surface area contributed by atoms with Crippen molar-refractivity contribution in [3.8, 4) is 5.75 Å². The SMILES string of the molecule is CC.COc1ccc(Cn2c(COCc3ccccc3)nc(C(C)C)c2Sc2cc(Cl)cc(Cl)c2)cc1. The quantitative estimate of drug-likeness (QED) is 0.195. The number of imidazole rings is 1. The van der Waals surface area contributed by atoms with Crippen LogP contribution < -0.4 is 4.74 Å². The van der Waals surface area contributed by atoms with Gasteiger partial charge in [0.25, 0.3) is 0 Å². The van der Waals surface area contributed by atoms with Crippen molar-refractivity contribution in [2.75, 3.05) is 7.11 Å². The van der Waals surface area contributed by atoms with Gasteiger partial charge in [-0.05, 0) is 47.4 Å². The lowest BCUT2D eigenvalue weighted by Gasteiger charge is -2.14. The first kappa shape index (κ1) is 29.1. The van der Waals surface area contributed by atoms with Crippen LogP contribution in [0.2, 0.25) is 10.0 Å².